The van der Waals surface area contributed by atoms with Crippen LogP contribution in [0, 0.1) is 0 Å². The maximum absolute atomic E-state index is 12.3. The number of carbonyl (C=O) groups is 1. The lowest BCUT2D eigenvalue weighted by atomic mass is 10.2. The molecule has 0 unspecified atom stereocenters. The van der Waals surface area contributed by atoms with Gasteiger partial charge in [-0.2, -0.15) is 0 Å². The molecule has 0 radical (unpaired) electrons. The number of aromatic nitrogens is 2. The second-order valence-electron chi connectivity index (χ2n) is 5.60. The number of carbonyl (C=O) groups excluding carboxylic acids is 1. The van der Waals surface area contributed by atoms with Crippen molar-refractivity contribution in [2.24, 2.45) is 0 Å². The molecular formula is C17H15N3O4S. The van der Waals surface area contributed by atoms with Gasteiger partial charge < -0.3 is 14.8 Å². The van der Waals surface area contributed by atoms with Gasteiger partial charge in [0.25, 0.3) is 5.56 Å². The van der Waals surface area contributed by atoms with E-state index >= 15 is 0 Å². The van der Waals surface area contributed by atoms with Gasteiger partial charge in [0.15, 0.2) is 11.5 Å². The Hall–Kier alpha value is -2.87. The number of rotatable bonds is 5. The first-order chi connectivity index (χ1) is 12.2. The lowest BCUT2D eigenvalue weighted by Crippen LogP contribution is -2.27. The minimum Gasteiger partial charge on any atom is -0.454 e. The number of aryl methyl sites for hydroxylation is 1. The number of nitrogens with one attached hydrogen (secondary N) is 1. The van der Waals surface area contributed by atoms with E-state index in [1.165, 1.54) is 22.2 Å². The fourth-order valence-corrected chi connectivity index (χ4v) is 3.34. The number of benzene rings is 1. The Bertz CT molecular complexity index is 995. The summed E-state index contributed by atoms with van der Waals surface area (Å²) in [5, 5.41) is 5.27. The van der Waals surface area contributed by atoms with Crippen LogP contribution in [-0.4, -0.2) is 22.3 Å². The number of hydrogen-bond donors (Lipinski definition) is 1. The van der Waals surface area contributed by atoms with E-state index in [0.717, 1.165) is 5.56 Å². The summed E-state index contributed by atoms with van der Waals surface area (Å²) in [6.07, 6.45) is 1.70. The summed E-state index contributed by atoms with van der Waals surface area (Å²) in [4.78, 5) is 29.3. The van der Waals surface area contributed by atoms with Crippen LogP contribution in [0.2, 0.25) is 0 Å². The van der Waals surface area contributed by atoms with Gasteiger partial charge in [0.2, 0.25) is 12.7 Å². The maximum Gasteiger partial charge on any atom is 0.262 e. The third-order valence-corrected chi connectivity index (χ3v) is 4.78. The monoisotopic (exact) mass is 357 g/mol. The van der Waals surface area contributed by atoms with E-state index in [1.54, 1.807) is 6.07 Å². The zero-order valence-electron chi connectivity index (χ0n) is 13.2. The molecule has 3 heterocycles. The molecular weight excluding hydrogens is 342 g/mol. The van der Waals surface area contributed by atoms with Crippen LogP contribution in [-0.2, 0) is 17.9 Å². The number of nitrogens with zero attached hydrogens (tertiary/aromatic N) is 2. The average Bonchev–Trinajstić information content (AvgIpc) is 3.28. The first-order valence-corrected chi connectivity index (χ1v) is 8.66. The quantitative estimate of drug-likeness (QED) is 0.754. The van der Waals surface area contributed by atoms with E-state index in [4.69, 9.17) is 9.47 Å². The van der Waals surface area contributed by atoms with Crippen molar-refractivity contribution in [3.05, 3.63) is 51.9 Å². The molecule has 0 saturated carbocycles. The van der Waals surface area contributed by atoms with Crippen LogP contribution in [0.5, 0.6) is 11.5 Å². The summed E-state index contributed by atoms with van der Waals surface area (Å²) < 4.78 is 12.0. The summed E-state index contributed by atoms with van der Waals surface area (Å²) in [5.74, 6) is 1.27. The topological polar surface area (TPSA) is 82.5 Å². The molecule has 1 aliphatic rings. The molecule has 0 spiro atoms. The van der Waals surface area contributed by atoms with Crippen molar-refractivity contribution in [1.29, 1.82) is 0 Å². The molecule has 25 heavy (non-hydrogen) atoms. The Morgan fingerprint density at radius 2 is 2.16 bits per heavy atom. The van der Waals surface area contributed by atoms with Crippen LogP contribution in [0.25, 0.3) is 10.2 Å². The fourth-order valence-electron chi connectivity index (χ4n) is 2.61. The molecule has 0 aliphatic carbocycles. The predicted octanol–water partition coefficient (Wildman–Crippen LogP) is 1.89. The first kappa shape index (κ1) is 15.6. The van der Waals surface area contributed by atoms with Gasteiger partial charge in [0.05, 0.1) is 11.7 Å². The standard InChI is InChI=1S/C17H15N3O4S/c21-15(18-8-11-1-2-13-14(7-11)24-10-23-13)3-5-20-9-19-16-12(17(20)22)4-6-25-16/h1-2,4,6-7,9H,3,5,8,10H2,(H,18,21). The van der Waals surface area contributed by atoms with Crippen molar-refractivity contribution in [2.45, 2.75) is 19.5 Å². The molecule has 1 aliphatic heterocycles. The number of fused-ring (bicyclic) bond motifs is 2. The van der Waals surface area contributed by atoms with E-state index in [9.17, 15) is 9.59 Å². The maximum atomic E-state index is 12.3. The molecule has 3 aromatic rings. The molecule has 1 amide bonds. The Morgan fingerprint density at radius 1 is 1.28 bits per heavy atom. The normalized spacial score (nSPS) is 12.5. The summed E-state index contributed by atoms with van der Waals surface area (Å²) in [5.41, 5.74) is 0.811. The predicted molar refractivity (Wildman–Crippen MR) is 92.9 cm³/mol. The van der Waals surface area contributed by atoms with E-state index < -0.39 is 0 Å². The van der Waals surface area contributed by atoms with Gasteiger partial charge in [0.1, 0.15) is 4.83 Å². The molecule has 0 atom stereocenters. The minimum atomic E-state index is -0.130. The minimum absolute atomic E-state index is 0.116. The average molecular weight is 357 g/mol. The van der Waals surface area contributed by atoms with Crippen LogP contribution >= 0.6 is 11.3 Å². The van der Waals surface area contributed by atoms with Gasteiger partial charge in [-0.25, -0.2) is 4.98 Å². The highest BCUT2D eigenvalue weighted by Crippen LogP contribution is 2.32. The van der Waals surface area contributed by atoms with Crippen LogP contribution in [0.4, 0.5) is 0 Å². The molecule has 128 valence electrons. The van der Waals surface area contributed by atoms with Crippen LogP contribution in [0.1, 0.15) is 12.0 Å². The van der Waals surface area contributed by atoms with Crippen molar-refractivity contribution < 1.29 is 14.3 Å². The molecule has 0 bridgehead atoms. The van der Waals surface area contributed by atoms with Gasteiger partial charge in [-0.3, -0.25) is 14.2 Å². The molecule has 0 saturated heterocycles. The van der Waals surface area contributed by atoms with E-state index in [0.29, 0.717) is 34.8 Å². The SMILES string of the molecule is O=C(CCn1cnc2sccc2c1=O)NCc1ccc2c(c1)OCO2. The van der Waals surface area contributed by atoms with Gasteiger partial charge in [0, 0.05) is 19.5 Å². The molecule has 1 aromatic carbocycles. The number of thiophene rings is 1. The highest BCUT2D eigenvalue weighted by Gasteiger charge is 2.13. The third-order valence-electron chi connectivity index (χ3n) is 3.96. The fraction of sp³-hybridized carbons (Fsp3) is 0.235. The molecule has 0 fully saturated rings. The Kier molecular flexibility index (Phi) is 4.10. The molecule has 8 heteroatoms. The van der Waals surface area contributed by atoms with Gasteiger partial charge in [-0.1, -0.05) is 6.07 Å². The summed E-state index contributed by atoms with van der Waals surface area (Å²) in [7, 11) is 0. The number of hydrogen-bond acceptors (Lipinski definition) is 6. The van der Waals surface area contributed by atoms with Crippen molar-refractivity contribution in [3.63, 3.8) is 0 Å². The Balaban J connectivity index is 1.34. The smallest absolute Gasteiger partial charge is 0.262 e. The Labute approximate surface area is 146 Å². The summed E-state index contributed by atoms with van der Waals surface area (Å²) >= 11 is 1.43. The van der Waals surface area contributed by atoms with Crippen molar-refractivity contribution >= 4 is 27.5 Å². The van der Waals surface area contributed by atoms with E-state index in [2.05, 4.69) is 10.3 Å². The molecule has 7 nitrogen and oxygen atoms in total. The van der Waals surface area contributed by atoms with Crippen molar-refractivity contribution in [2.75, 3.05) is 6.79 Å². The molecule has 1 N–H and O–H groups in total. The zero-order chi connectivity index (χ0) is 17.2. The van der Waals surface area contributed by atoms with Crippen molar-refractivity contribution in [1.82, 2.24) is 14.9 Å². The summed E-state index contributed by atoms with van der Waals surface area (Å²) in [6, 6.07) is 7.31. The van der Waals surface area contributed by atoms with Gasteiger partial charge >= 0.3 is 0 Å². The second kappa shape index (κ2) is 6.56. The van der Waals surface area contributed by atoms with Gasteiger partial charge in [-0.15, -0.1) is 11.3 Å². The van der Waals surface area contributed by atoms with E-state index in [1.807, 2.05) is 23.6 Å². The van der Waals surface area contributed by atoms with Crippen LogP contribution in [0.15, 0.2) is 40.8 Å². The highest BCUT2D eigenvalue weighted by molar-refractivity contribution is 7.16. The van der Waals surface area contributed by atoms with Crippen LogP contribution in [0.3, 0.4) is 0 Å². The highest BCUT2D eigenvalue weighted by atomic mass is 32.1. The number of ether oxygens (including phenoxy) is 2. The Morgan fingerprint density at radius 3 is 3.08 bits per heavy atom. The summed E-state index contributed by atoms with van der Waals surface area (Å²) in [6.45, 7) is 0.916. The number of amides is 1. The van der Waals surface area contributed by atoms with E-state index in [-0.39, 0.29) is 24.7 Å². The lowest BCUT2D eigenvalue weighted by molar-refractivity contribution is -0.121. The third kappa shape index (κ3) is 3.20. The first-order valence-electron chi connectivity index (χ1n) is 7.78. The molecule has 2 aromatic heterocycles. The van der Waals surface area contributed by atoms with Crippen molar-refractivity contribution in [3.8, 4) is 11.5 Å². The second-order valence-corrected chi connectivity index (χ2v) is 6.49. The van der Waals surface area contributed by atoms with Crippen LogP contribution < -0.4 is 20.3 Å². The largest absolute Gasteiger partial charge is 0.454 e. The van der Waals surface area contributed by atoms with Gasteiger partial charge in [-0.05, 0) is 29.1 Å². The zero-order valence-corrected chi connectivity index (χ0v) is 14.0. The molecule has 4 rings (SSSR count). The lowest BCUT2D eigenvalue weighted by Gasteiger charge is -2.07.